The number of carbonyl (C=O) groups excluding carboxylic acids is 5. The zero-order valence-corrected chi connectivity index (χ0v) is 50.0. The summed E-state index contributed by atoms with van der Waals surface area (Å²) in [5, 5.41) is 70.4. The third kappa shape index (κ3) is 16.0. The van der Waals surface area contributed by atoms with Gasteiger partial charge in [-0.1, -0.05) is 29.8 Å². The van der Waals surface area contributed by atoms with Gasteiger partial charge in [-0.05, 0) is 50.2 Å². The van der Waals surface area contributed by atoms with Gasteiger partial charge < -0.3 is 55.6 Å². The van der Waals surface area contributed by atoms with E-state index < -0.39 is 24.0 Å². The van der Waals surface area contributed by atoms with E-state index in [-0.39, 0.29) is 53.0 Å². The lowest BCUT2D eigenvalue weighted by Crippen LogP contribution is -2.22. The van der Waals surface area contributed by atoms with Gasteiger partial charge >= 0.3 is 12.2 Å². The lowest BCUT2D eigenvalue weighted by atomic mass is 10.1. The predicted octanol–water partition coefficient (Wildman–Crippen LogP) is 5.94. The monoisotopic (exact) mass is 1230 g/mol. The Bertz CT molecular complexity index is 3780. The Balaban J connectivity index is 0.000000189. The van der Waals surface area contributed by atoms with Gasteiger partial charge in [-0.15, -0.1) is 30.6 Å². The maximum absolute atomic E-state index is 12.3. The van der Waals surface area contributed by atoms with Crippen molar-refractivity contribution in [1.82, 2.24) is 91.5 Å². The van der Waals surface area contributed by atoms with Gasteiger partial charge in [0.2, 0.25) is 0 Å². The molecule has 0 saturated carbocycles. The van der Waals surface area contributed by atoms with Crippen molar-refractivity contribution in [3.63, 3.8) is 0 Å². The number of anilines is 8. The maximum atomic E-state index is 12.3. The van der Waals surface area contributed by atoms with Crippen molar-refractivity contribution < 1.29 is 47.7 Å². The van der Waals surface area contributed by atoms with E-state index in [9.17, 15) is 24.0 Å². The Kier molecular flexibility index (Phi) is 22.0. The normalized spacial score (nSPS) is 10.4. The predicted molar refractivity (Wildman–Crippen MR) is 321 cm³/mol. The number of rotatable bonds is 19. The molecular formula is C54H60ClN23O10. The molecule has 0 aliphatic heterocycles. The Labute approximate surface area is 506 Å². The average molecular weight is 1230 g/mol. The largest absolute Gasteiger partial charge is 0.494 e. The first-order valence-electron chi connectivity index (χ1n) is 26.2. The molecule has 0 aliphatic carbocycles. The molecule has 88 heavy (non-hydrogen) atoms. The molecule has 0 saturated heterocycles. The summed E-state index contributed by atoms with van der Waals surface area (Å²) in [6, 6.07) is 20.8. The number of nitrogens with one attached hydrogen (secondary N) is 8. The van der Waals surface area contributed by atoms with Crippen molar-refractivity contribution in [3.05, 3.63) is 114 Å². The van der Waals surface area contributed by atoms with Crippen LogP contribution in [0.15, 0.2) is 91.4 Å². The lowest BCUT2D eigenvalue weighted by Gasteiger charge is -2.16. The number of nitrogens with zero attached hydrogens (tertiary/aromatic N) is 15. The van der Waals surface area contributed by atoms with Crippen LogP contribution in [0.25, 0.3) is 33.8 Å². The number of benzene rings is 3. The van der Waals surface area contributed by atoms with Gasteiger partial charge in [0.1, 0.15) is 17.1 Å². The van der Waals surface area contributed by atoms with Crippen LogP contribution in [0, 0.1) is 0 Å². The van der Waals surface area contributed by atoms with E-state index in [1.54, 1.807) is 91.0 Å². The Morgan fingerprint density at radius 3 is 1.06 bits per heavy atom. The first-order valence-corrected chi connectivity index (χ1v) is 26.6. The van der Waals surface area contributed by atoms with Crippen molar-refractivity contribution in [2.24, 2.45) is 21.1 Å². The second kappa shape index (κ2) is 30.3. The van der Waals surface area contributed by atoms with Crippen LogP contribution in [0.4, 0.5) is 55.3 Å². The molecule has 0 unspecified atom stereocenters. The number of methoxy groups -OCH3 is 3. The first kappa shape index (κ1) is 63.9. The molecule has 8 N–H and O–H groups in total. The SMILES string of the molecule is CCOC(=O)Nc1cc(Nc2cccc(-c3cnn(C)n3)c2OC)c(C(=O)NC)nn1.CCOC(=O)Nc1cc(Nc2cccc(-c3cnn(C)n3)c2OC)c(C(=O)NC)nn1.CNC(=O)c1nnc(Cl)cc1Nc1cccc(-c2cnn(C)n2)c1OC. The zero-order chi connectivity index (χ0) is 63.4. The van der Waals surface area contributed by atoms with Gasteiger partial charge in [-0.25, -0.2) is 9.59 Å². The van der Waals surface area contributed by atoms with E-state index in [2.05, 4.69) is 104 Å². The van der Waals surface area contributed by atoms with Gasteiger partial charge in [0.05, 0.1) is 87.3 Å². The molecule has 0 bridgehead atoms. The molecule has 34 heteroatoms. The molecule has 9 aromatic rings. The van der Waals surface area contributed by atoms with Gasteiger partial charge in [-0.3, -0.25) is 25.0 Å². The summed E-state index contributed by atoms with van der Waals surface area (Å²) >= 11 is 5.94. The topological polar surface area (TPSA) is 397 Å². The van der Waals surface area contributed by atoms with Crippen LogP contribution in [0.5, 0.6) is 17.2 Å². The van der Waals surface area contributed by atoms with Crippen LogP contribution in [0.2, 0.25) is 5.15 Å². The summed E-state index contributed by atoms with van der Waals surface area (Å²) < 4.78 is 26.5. The van der Waals surface area contributed by atoms with Crippen LogP contribution in [-0.4, -0.2) is 161 Å². The van der Waals surface area contributed by atoms with Crippen LogP contribution in [-0.2, 0) is 30.6 Å². The van der Waals surface area contributed by atoms with E-state index in [1.165, 1.54) is 68.0 Å². The van der Waals surface area contributed by atoms with E-state index >= 15 is 0 Å². The minimum atomic E-state index is -0.683. The molecule has 33 nitrogen and oxygen atoms in total. The highest BCUT2D eigenvalue weighted by molar-refractivity contribution is 6.29. The summed E-state index contributed by atoms with van der Waals surface area (Å²) in [6.07, 6.45) is 3.51. The van der Waals surface area contributed by atoms with Crippen molar-refractivity contribution in [3.8, 4) is 51.0 Å². The highest BCUT2D eigenvalue weighted by atomic mass is 35.5. The Hall–Kier alpha value is -11.6. The molecule has 458 valence electrons. The second-order valence-corrected chi connectivity index (χ2v) is 17.9. The number of ether oxygens (including phenoxy) is 5. The summed E-state index contributed by atoms with van der Waals surface area (Å²) in [6.45, 7) is 3.77. The van der Waals surface area contributed by atoms with Gasteiger partial charge in [0.15, 0.2) is 51.1 Å². The maximum Gasteiger partial charge on any atom is 0.412 e. The number of carbonyl (C=O) groups is 5. The van der Waals surface area contributed by atoms with E-state index in [0.717, 1.165) is 5.56 Å². The molecule has 0 radical (unpaired) electrons. The van der Waals surface area contributed by atoms with Crippen LogP contribution >= 0.6 is 11.6 Å². The summed E-state index contributed by atoms with van der Waals surface area (Å²) in [4.78, 5) is 64.4. The first-order chi connectivity index (χ1) is 42.4. The molecule has 6 heterocycles. The van der Waals surface area contributed by atoms with Gasteiger partial charge in [0.25, 0.3) is 17.7 Å². The third-order valence-corrected chi connectivity index (χ3v) is 12.0. The summed E-state index contributed by atoms with van der Waals surface area (Å²) in [5.41, 5.74) is 6.94. The molecule has 0 aliphatic rings. The second-order valence-electron chi connectivity index (χ2n) is 17.5. The summed E-state index contributed by atoms with van der Waals surface area (Å²) in [5.74, 6) is 0.438. The van der Waals surface area contributed by atoms with Crippen LogP contribution in [0.1, 0.15) is 45.3 Å². The van der Waals surface area contributed by atoms with Crippen molar-refractivity contribution in [2.75, 3.05) is 82.3 Å². The van der Waals surface area contributed by atoms with E-state index in [1.807, 2.05) is 24.3 Å². The number of para-hydroxylation sites is 3. The molecule has 0 fully saturated rings. The molecule has 0 spiro atoms. The number of halogens is 1. The van der Waals surface area contributed by atoms with Crippen molar-refractivity contribution >= 4 is 87.3 Å². The number of hydrogen-bond acceptors (Lipinski definition) is 25. The smallest absolute Gasteiger partial charge is 0.412 e. The molecule has 5 amide bonds. The highest BCUT2D eigenvalue weighted by Gasteiger charge is 2.23. The molecule has 0 atom stereocenters. The number of aryl methyl sites for hydroxylation is 3. The fraction of sp³-hybridized carbons (Fsp3) is 0.241. The average Bonchev–Trinajstić information content (AvgIpc) is 3.88. The number of hydrogen-bond donors (Lipinski definition) is 8. The van der Waals surface area contributed by atoms with Crippen molar-refractivity contribution in [1.29, 1.82) is 0 Å². The molecular weight excluding hydrogens is 1170 g/mol. The summed E-state index contributed by atoms with van der Waals surface area (Å²) in [7, 11) is 14.2. The van der Waals surface area contributed by atoms with Crippen LogP contribution in [0.3, 0.4) is 0 Å². The van der Waals surface area contributed by atoms with Crippen LogP contribution < -0.4 is 56.7 Å². The molecule has 6 aromatic heterocycles. The quantitative estimate of drug-likeness (QED) is 0.0464. The fourth-order valence-corrected chi connectivity index (χ4v) is 8.12. The minimum absolute atomic E-state index is 0.0314. The highest BCUT2D eigenvalue weighted by Crippen LogP contribution is 2.40. The van der Waals surface area contributed by atoms with Gasteiger partial charge in [0, 0.05) is 77.2 Å². The molecule has 9 rings (SSSR count). The fourth-order valence-electron chi connectivity index (χ4n) is 7.98. The van der Waals surface area contributed by atoms with Crippen molar-refractivity contribution in [2.45, 2.75) is 13.8 Å². The zero-order valence-electron chi connectivity index (χ0n) is 49.2. The lowest BCUT2D eigenvalue weighted by molar-refractivity contribution is 0.0950. The van der Waals surface area contributed by atoms with E-state index in [4.69, 9.17) is 35.3 Å². The van der Waals surface area contributed by atoms with Gasteiger partial charge in [-0.2, -0.15) is 45.0 Å². The Morgan fingerprint density at radius 1 is 0.455 bits per heavy atom. The van der Waals surface area contributed by atoms with E-state index in [0.29, 0.717) is 79.6 Å². The number of aromatic nitrogens is 15. The minimum Gasteiger partial charge on any atom is -0.494 e. The Morgan fingerprint density at radius 2 is 0.773 bits per heavy atom. The molecule has 3 aromatic carbocycles. The standard InChI is InChI=1S/2C19H22N8O4.C16H16ClN7O2/c2*1-5-31-19(29)23-15-9-13(16(25-24-15)18(28)20-2)22-12-8-6-7-11(17(12)30-4)14-10-21-27(3)26-14;1-18-16(25)14-11(7-13(17)21-22-14)20-10-6-4-5-9(15(10)26-3)12-8-19-24(2)23-12/h2*6-10H,5H2,1-4H3,(H,20,28)(H2,22,23,24,29);4-8H,1-3H3,(H,18,25)(H,20,21). The number of amides is 5. The third-order valence-electron chi connectivity index (χ3n) is 11.8.